The van der Waals surface area contributed by atoms with Gasteiger partial charge in [-0.1, -0.05) is 48.5 Å². The second-order valence-corrected chi connectivity index (χ2v) is 8.57. The van der Waals surface area contributed by atoms with Crippen molar-refractivity contribution in [3.05, 3.63) is 59.7 Å². The van der Waals surface area contributed by atoms with Crippen molar-refractivity contribution in [2.75, 3.05) is 13.2 Å². The van der Waals surface area contributed by atoms with E-state index < -0.39 is 29.6 Å². The van der Waals surface area contributed by atoms with Gasteiger partial charge in [0.05, 0.1) is 0 Å². The summed E-state index contributed by atoms with van der Waals surface area (Å²) in [6, 6.07) is 15.3. The number of carbonyl (C=O) groups is 3. The first-order valence-corrected chi connectivity index (χ1v) is 10.5. The SMILES string of the molecule is CC(C)(NC(=O)OCC1c2ccccc2-c2ccccc21)C(=O)N1CCCC1C(=O)O. The van der Waals surface area contributed by atoms with Crippen LogP contribution >= 0.6 is 0 Å². The molecule has 0 bridgehead atoms. The molecule has 2 N–H and O–H groups in total. The van der Waals surface area contributed by atoms with Crippen molar-refractivity contribution in [2.45, 2.75) is 44.2 Å². The summed E-state index contributed by atoms with van der Waals surface area (Å²) in [5, 5.41) is 12.0. The molecular formula is C24H26N2O5. The number of carboxylic acids is 1. The fourth-order valence-electron chi connectivity index (χ4n) is 4.57. The summed E-state index contributed by atoms with van der Waals surface area (Å²) in [7, 11) is 0. The monoisotopic (exact) mass is 422 g/mol. The van der Waals surface area contributed by atoms with Crippen molar-refractivity contribution in [3.63, 3.8) is 0 Å². The van der Waals surface area contributed by atoms with Crippen LogP contribution in [-0.2, 0) is 14.3 Å². The predicted molar refractivity (Wildman–Crippen MR) is 115 cm³/mol. The topological polar surface area (TPSA) is 95.9 Å². The third-order valence-electron chi connectivity index (χ3n) is 6.09. The Hall–Kier alpha value is -3.35. The van der Waals surface area contributed by atoms with Crippen molar-refractivity contribution in [2.24, 2.45) is 0 Å². The van der Waals surface area contributed by atoms with Crippen molar-refractivity contribution in [3.8, 4) is 11.1 Å². The number of carboxylic acid groups (broad SMARTS) is 1. The lowest BCUT2D eigenvalue weighted by Crippen LogP contribution is -2.58. The Balaban J connectivity index is 1.42. The average molecular weight is 422 g/mol. The molecule has 162 valence electrons. The van der Waals surface area contributed by atoms with Gasteiger partial charge in [-0.05, 0) is 48.9 Å². The summed E-state index contributed by atoms with van der Waals surface area (Å²) >= 11 is 0. The van der Waals surface area contributed by atoms with Crippen LogP contribution in [0.15, 0.2) is 48.5 Å². The molecule has 2 aromatic carbocycles. The minimum Gasteiger partial charge on any atom is -0.480 e. The third-order valence-corrected chi connectivity index (χ3v) is 6.09. The Bertz CT molecular complexity index is 987. The van der Waals surface area contributed by atoms with E-state index in [9.17, 15) is 19.5 Å². The molecule has 31 heavy (non-hydrogen) atoms. The number of likely N-dealkylation sites (tertiary alicyclic amines) is 1. The molecule has 2 amide bonds. The predicted octanol–water partition coefficient (Wildman–Crippen LogP) is 3.38. The number of hydrogen-bond donors (Lipinski definition) is 2. The highest BCUT2D eigenvalue weighted by Gasteiger charge is 2.42. The molecule has 1 heterocycles. The number of amides is 2. The second-order valence-electron chi connectivity index (χ2n) is 8.57. The van der Waals surface area contributed by atoms with E-state index in [0.717, 1.165) is 22.3 Å². The normalized spacial score (nSPS) is 17.7. The number of hydrogen-bond acceptors (Lipinski definition) is 4. The van der Waals surface area contributed by atoms with Gasteiger partial charge in [0.25, 0.3) is 0 Å². The minimum absolute atomic E-state index is 0.0769. The Morgan fingerprint density at radius 2 is 1.65 bits per heavy atom. The molecule has 0 radical (unpaired) electrons. The van der Waals surface area contributed by atoms with Gasteiger partial charge < -0.3 is 20.1 Å². The first-order valence-electron chi connectivity index (χ1n) is 10.5. The Morgan fingerprint density at radius 1 is 1.06 bits per heavy atom. The second kappa shape index (κ2) is 8.06. The zero-order valence-corrected chi connectivity index (χ0v) is 17.6. The van der Waals surface area contributed by atoms with E-state index in [1.54, 1.807) is 13.8 Å². The van der Waals surface area contributed by atoms with Crippen LogP contribution in [0.3, 0.4) is 0 Å². The van der Waals surface area contributed by atoms with Crippen LogP contribution in [0, 0.1) is 0 Å². The molecule has 1 aliphatic heterocycles. The maximum absolute atomic E-state index is 12.9. The van der Waals surface area contributed by atoms with Crippen LogP contribution in [0.1, 0.15) is 43.7 Å². The smallest absolute Gasteiger partial charge is 0.408 e. The van der Waals surface area contributed by atoms with Crippen LogP contribution in [0.5, 0.6) is 0 Å². The molecule has 4 rings (SSSR count). The lowest BCUT2D eigenvalue weighted by atomic mass is 9.98. The number of rotatable bonds is 5. The standard InChI is InChI=1S/C24H26N2O5/c1-24(2,22(29)26-13-7-12-20(26)21(27)28)25-23(30)31-14-19-17-10-5-3-8-15(17)16-9-4-6-11-18(16)19/h3-6,8-11,19-20H,7,12-14H2,1-2H3,(H,25,30)(H,27,28). The van der Waals surface area contributed by atoms with Crippen LogP contribution in [-0.4, -0.2) is 52.7 Å². The molecule has 1 saturated heterocycles. The third kappa shape index (κ3) is 3.87. The number of ether oxygens (including phenoxy) is 1. The average Bonchev–Trinajstić information content (AvgIpc) is 3.35. The molecule has 2 aromatic rings. The van der Waals surface area contributed by atoms with E-state index in [1.807, 2.05) is 36.4 Å². The lowest BCUT2D eigenvalue weighted by Gasteiger charge is -2.32. The summed E-state index contributed by atoms with van der Waals surface area (Å²) in [4.78, 5) is 38.2. The molecule has 0 aromatic heterocycles. The summed E-state index contributed by atoms with van der Waals surface area (Å²) in [5.41, 5.74) is 3.20. The highest BCUT2D eigenvalue weighted by Crippen LogP contribution is 2.44. The highest BCUT2D eigenvalue weighted by molar-refractivity contribution is 5.92. The first-order chi connectivity index (χ1) is 14.8. The first kappa shape index (κ1) is 20.9. The summed E-state index contributed by atoms with van der Waals surface area (Å²) in [6.45, 7) is 3.64. The number of nitrogens with one attached hydrogen (secondary N) is 1. The van der Waals surface area contributed by atoms with Gasteiger partial charge in [-0.2, -0.15) is 0 Å². The highest BCUT2D eigenvalue weighted by atomic mass is 16.5. The van der Waals surface area contributed by atoms with E-state index in [1.165, 1.54) is 4.90 Å². The number of nitrogens with zero attached hydrogens (tertiary/aromatic N) is 1. The van der Waals surface area contributed by atoms with Crippen LogP contribution < -0.4 is 5.32 Å². The van der Waals surface area contributed by atoms with Gasteiger partial charge in [0.2, 0.25) is 5.91 Å². The summed E-state index contributed by atoms with van der Waals surface area (Å²) < 4.78 is 5.53. The van der Waals surface area contributed by atoms with E-state index in [0.29, 0.717) is 19.4 Å². The van der Waals surface area contributed by atoms with Crippen molar-refractivity contribution >= 4 is 18.0 Å². The molecule has 1 unspecified atom stereocenters. The number of fused-ring (bicyclic) bond motifs is 3. The van der Waals surface area contributed by atoms with Gasteiger partial charge in [-0.15, -0.1) is 0 Å². The Kier molecular flexibility index (Phi) is 5.43. The van der Waals surface area contributed by atoms with Gasteiger partial charge in [-0.25, -0.2) is 9.59 Å². The largest absolute Gasteiger partial charge is 0.480 e. The van der Waals surface area contributed by atoms with Crippen LogP contribution in [0.25, 0.3) is 11.1 Å². The summed E-state index contributed by atoms with van der Waals surface area (Å²) in [6.07, 6.45) is 0.345. The zero-order chi connectivity index (χ0) is 22.2. The molecule has 7 nitrogen and oxygen atoms in total. The van der Waals surface area contributed by atoms with Gasteiger partial charge in [0.1, 0.15) is 18.2 Å². The van der Waals surface area contributed by atoms with Gasteiger partial charge in [0.15, 0.2) is 0 Å². The summed E-state index contributed by atoms with van der Waals surface area (Å²) in [5.74, 6) is -1.53. The molecular weight excluding hydrogens is 396 g/mol. The maximum atomic E-state index is 12.9. The fourth-order valence-corrected chi connectivity index (χ4v) is 4.57. The minimum atomic E-state index is -1.28. The molecule has 7 heteroatoms. The van der Waals surface area contributed by atoms with E-state index in [2.05, 4.69) is 17.4 Å². The van der Waals surface area contributed by atoms with Crippen molar-refractivity contribution < 1.29 is 24.2 Å². The maximum Gasteiger partial charge on any atom is 0.408 e. The van der Waals surface area contributed by atoms with E-state index in [-0.39, 0.29) is 12.5 Å². The van der Waals surface area contributed by atoms with Gasteiger partial charge in [-0.3, -0.25) is 4.79 Å². The quantitative estimate of drug-likeness (QED) is 0.770. The Labute approximate surface area is 181 Å². The Morgan fingerprint density at radius 3 is 2.23 bits per heavy atom. The molecule has 2 aliphatic rings. The van der Waals surface area contributed by atoms with Crippen LogP contribution in [0.2, 0.25) is 0 Å². The van der Waals surface area contributed by atoms with Crippen LogP contribution in [0.4, 0.5) is 4.79 Å². The van der Waals surface area contributed by atoms with Gasteiger partial charge in [0, 0.05) is 12.5 Å². The number of alkyl carbamates (subject to hydrolysis) is 1. The number of aliphatic carboxylic acids is 1. The molecule has 1 fully saturated rings. The van der Waals surface area contributed by atoms with E-state index in [4.69, 9.17) is 4.74 Å². The van der Waals surface area contributed by atoms with Crippen molar-refractivity contribution in [1.29, 1.82) is 0 Å². The van der Waals surface area contributed by atoms with E-state index >= 15 is 0 Å². The fraction of sp³-hybridized carbons (Fsp3) is 0.375. The molecule has 0 saturated carbocycles. The number of carbonyl (C=O) groups excluding carboxylic acids is 2. The van der Waals surface area contributed by atoms with Gasteiger partial charge >= 0.3 is 12.1 Å². The lowest BCUT2D eigenvalue weighted by molar-refractivity contribution is -0.150. The number of benzene rings is 2. The molecule has 1 aliphatic carbocycles. The zero-order valence-electron chi connectivity index (χ0n) is 17.6. The van der Waals surface area contributed by atoms with Crippen molar-refractivity contribution in [1.82, 2.24) is 10.2 Å². The molecule has 1 atom stereocenters. The molecule has 0 spiro atoms.